The summed E-state index contributed by atoms with van der Waals surface area (Å²) in [5.41, 5.74) is 0. The summed E-state index contributed by atoms with van der Waals surface area (Å²) in [5, 5.41) is 7.36. The fourth-order valence-electron chi connectivity index (χ4n) is 2.06. The zero-order valence-electron chi connectivity index (χ0n) is 14.7. The van der Waals surface area contributed by atoms with Crippen molar-refractivity contribution in [3.05, 3.63) is 45.9 Å². The van der Waals surface area contributed by atoms with Crippen LogP contribution in [0.2, 0.25) is 0 Å². The lowest BCUT2D eigenvalue weighted by molar-refractivity contribution is 0.304. The molecule has 26 heavy (non-hydrogen) atoms. The Balaban J connectivity index is 0.00000338. The van der Waals surface area contributed by atoms with Crippen LogP contribution in [-0.4, -0.2) is 37.7 Å². The largest absolute Gasteiger partial charge is 0.489 e. The summed E-state index contributed by atoms with van der Waals surface area (Å²) < 4.78 is 31.5. The van der Waals surface area contributed by atoms with Crippen molar-refractivity contribution < 1.29 is 13.5 Å². The van der Waals surface area contributed by atoms with E-state index in [9.17, 15) is 8.78 Å². The number of aryl methyl sites for hydroxylation is 1. The number of nitrogens with zero attached hydrogens (tertiary/aromatic N) is 2. The van der Waals surface area contributed by atoms with Crippen LogP contribution in [0.5, 0.6) is 5.75 Å². The highest BCUT2D eigenvalue weighted by molar-refractivity contribution is 14.0. The van der Waals surface area contributed by atoms with Crippen LogP contribution in [0.15, 0.2) is 29.4 Å². The van der Waals surface area contributed by atoms with Gasteiger partial charge in [0.15, 0.2) is 17.5 Å². The number of rotatable bonds is 8. The van der Waals surface area contributed by atoms with Gasteiger partial charge in [-0.2, -0.15) is 0 Å². The van der Waals surface area contributed by atoms with E-state index in [4.69, 9.17) is 4.74 Å². The number of halogens is 3. The Bertz CT molecular complexity index is 712. The Labute approximate surface area is 173 Å². The van der Waals surface area contributed by atoms with Crippen molar-refractivity contribution in [2.45, 2.75) is 19.8 Å². The molecule has 0 atom stereocenters. The number of benzene rings is 1. The number of thiazole rings is 1. The van der Waals surface area contributed by atoms with Crippen LogP contribution in [0.25, 0.3) is 0 Å². The molecule has 2 N–H and O–H groups in total. The molecule has 2 aromatic rings. The maximum Gasteiger partial charge on any atom is 0.191 e. The fraction of sp³-hybridized carbons (Fsp3) is 0.412. The molecule has 9 heteroatoms. The monoisotopic (exact) mass is 496 g/mol. The smallest absolute Gasteiger partial charge is 0.191 e. The molecule has 2 rings (SSSR count). The number of ether oxygens (including phenoxy) is 1. The predicted octanol–water partition coefficient (Wildman–Crippen LogP) is 3.39. The molecule has 0 fully saturated rings. The van der Waals surface area contributed by atoms with Crippen LogP contribution >= 0.6 is 35.3 Å². The lowest BCUT2D eigenvalue weighted by Gasteiger charge is -2.12. The third-order valence-electron chi connectivity index (χ3n) is 3.35. The standard InChI is InChI=1S/C17H22F2N4OS.HI/c1-3-13-11-23-16(25-13)6-7-21-17(20-2)22-8-9-24-15-5-4-12(18)10-14(15)19;/h4-5,10-11H,3,6-9H2,1-2H3,(H2,20,21,22);1H. The van der Waals surface area contributed by atoms with Crippen LogP contribution in [0.4, 0.5) is 8.78 Å². The summed E-state index contributed by atoms with van der Waals surface area (Å²) >= 11 is 1.72. The molecule has 0 aliphatic rings. The van der Waals surface area contributed by atoms with Gasteiger partial charge >= 0.3 is 0 Å². The molecule has 1 heterocycles. The summed E-state index contributed by atoms with van der Waals surface area (Å²) in [4.78, 5) is 9.76. The van der Waals surface area contributed by atoms with Crippen molar-refractivity contribution in [2.75, 3.05) is 26.7 Å². The Morgan fingerprint density at radius 3 is 2.69 bits per heavy atom. The highest BCUT2D eigenvalue weighted by atomic mass is 127. The van der Waals surface area contributed by atoms with Crippen LogP contribution in [0, 0.1) is 11.6 Å². The van der Waals surface area contributed by atoms with Gasteiger partial charge in [-0.05, 0) is 18.6 Å². The van der Waals surface area contributed by atoms with Crippen molar-refractivity contribution >= 4 is 41.3 Å². The number of nitrogens with one attached hydrogen (secondary N) is 2. The van der Waals surface area contributed by atoms with Crippen molar-refractivity contribution in [1.29, 1.82) is 0 Å². The van der Waals surface area contributed by atoms with E-state index in [0.29, 0.717) is 19.0 Å². The molecule has 0 spiro atoms. The lowest BCUT2D eigenvalue weighted by Crippen LogP contribution is -2.40. The van der Waals surface area contributed by atoms with Crippen molar-refractivity contribution in [2.24, 2.45) is 4.99 Å². The quantitative estimate of drug-likeness (QED) is 0.255. The van der Waals surface area contributed by atoms with Gasteiger partial charge < -0.3 is 15.4 Å². The topological polar surface area (TPSA) is 58.5 Å². The van der Waals surface area contributed by atoms with Crippen LogP contribution < -0.4 is 15.4 Å². The van der Waals surface area contributed by atoms with Gasteiger partial charge in [-0.25, -0.2) is 13.8 Å². The van der Waals surface area contributed by atoms with Gasteiger partial charge in [0.2, 0.25) is 0 Å². The molecular weight excluding hydrogens is 473 g/mol. The molecule has 1 aromatic heterocycles. The van der Waals surface area contributed by atoms with E-state index >= 15 is 0 Å². The minimum atomic E-state index is -0.711. The number of hydrogen-bond acceptors (Lipinski definition) is 4. The summed E-state index contributed by atoms with van der Waals surface area (Å²) in [6.07, 6.45) is 3.74. The van der Waals surface area contributed by atoms with Crippen molar-refractivity contribution in [3.63, 3.8) is 0 Å². The second kappa shape index (κ2) is 12.0. The Kier molecular flexibility index (Phi) is 10.4. The molecule has 0 radical (unpaired) electrons. The van der Waals surface area contributed by atoms with Gasteiger partial charge in [-0.15, -0.1) is 35.3 Å². The summed E-state index contributed by atoms with van der Waals surface area (Å²) in [6.45, 7) is 3.49. The molecular formula is C17H23F2IN4OS. The van der Waals surface area contributed by atoms with Gasteiger partial charge in [-0.3, -0.25) is 4.99 Å². The zero-order chi connectivity index (χ0) is 18.1. The first kappa shape index (κ1) is 22.6. The van der Waals surface area contributed by atoms with Gasteiger partial charge in [0, 0.05) is 37.2 Å². The normalized spacial score (nSPS) is 11.0. The third-order valence-corrected chi connectivity index (χ3v) is 4.55. The van der Waals surface area contributed by atoms with Gasteiger partial charge in [0.25, 0.3) is 0 Å². The van der Waals surface area contributed by atoms with E-state index in [1.165, 1.54) is 10.9 Å². The Morgan fingerprint density at radius 1 is 1.27 bits per heavy atom. The second-order valence-corrected chi connectivity index (χ2v) is 6.37. The molecule has 5 nitrogen and oxygen atoms in total. The molecule has 0 amide bonds. The van der Waals surface area contributed by atoms with E-state index in [-0.39, 0.29) is 36.3 Å². The van der Waals surface area contributed by atoms with Crippen molar-refractivity contribution in [3.8, 4) is 5.75 Å². The minimum Gasteiger partial charge on any atom is -0.489 e. The summed E-state index contributed by atoms with van der Waals surface area (Å²) in [5.74, 6) is -0.673. The van der Waals surface area contributed by atoms with E-state index in [0.717, 1.165) is 30.0 Å². The predicted molar refractivity (Wildman–Crippen MR) is 112 cm³/mol. The zero-order valence-corrected chi connectivity index (χ0v) is 17.9. The molecule has 0 saturated carbocycles. The summed E-state index contributed by atoms with van der Waals surface area (Å²) in [7, 11) is 1.68. The van der Waals surface area contributed by atoms with Gasteiger partial charge in [-0.1, -0.05) is 6.92 Å². The second-order valence-electron chi connectivity index (χ2n) is 5.17. The summed E-state index contributed by atoms with van der Waals surface area (Å²) in [6, 6.07) is 3.23. The first-order valence-electron chi connectivity index (χ1n) is 8.08. The molecule has 144 valence electrons. The van der Waals surface area contributed by atoms with E-state index in [2.05, 4.69) is 27.5 Å². The molecule has 0 saturated heterocycles. The lowest BCUT2D eigenvalue weighted by atomic mass is 10.3. The van der Waals surface area contributed by atoms with E-state index < -0.39 is 11.6 Å². The van der Waals surface area contributed by atoms with Crippen LogP contribution in [0.1, 0.15) is 16.8 Å². The average molecular weight is 496 g/mol. The fourth-order valence-corrected chi connectivity index (χ4v) is 2.92. The maximum atomic E-state index is 13.4. The van der Waals surface area contributed by atoms with Crippen LogP contribution in [0.3, 0.4) is 0 Å². The molecule has 0 aliphatic heterocycles. The third kappa shape index (κ3) is 7.40. The van der Waals surface area contributed by atoms with E-state index in [1.807, 2.05) is 6.20 Å². The molecule has 0 unspecified atom stereocenters. The highest BCUT2D eigenvalue weighted by Crippen LogP contribution is 2.17. The Hall–Kier alpha value is -1.49. The first-order chi connectivity index (χ1) is 12.1. The minimum absolute atomic E-state index is 0. The average Bonchev–Trinajstić information content (AvgIpc) is 3.06. The molecule has 1 aromatic carbocycles. The van der Waals surface area contributed by atoms with Crippen molar-refractivity contribution in [1.82, 2.24) is 15.6 Å². The SMILES string of the molecule is CCc1cnc(CCNC(=NC)NCCOc2ccc(F)cc2F)s1.I. The van der Waals surface area contributed by atoms with Gasteiger partial charge in [0.05, 0.1) is 11.6 Å². The highest BCUT2D eigenvalue weighted by Gasteiger charge is 2.05. The van der Waals surface area contributed by atoms with Crippen LogP contribution in [-0.2, 0) is 12.8 Å². The Morgan fingerprint density at radius 2 is 2.04 bits per heavy atom. The number of aliphatic imine (C=N–C) groups is 1. The number of guanidine groups is 1. The van der Waals surface area contributed by atoms with E-state index in [1.54, 1.807) is 18.4 Å². The number of hydrogen-bond donors (Lipinski definition) is 2. The maximum absolute atomic E-state index is 13.4. The molecule has 0 bridgehead atoms. The van der Waals surface area contributed by atoms with Gasteiger partial charge in [0.1, 0.15) is 12.4 Å². The molecule has 0 aliphatic carbocycles. The number of aromatic nitrogens is 1. The first-order valence-corrected chi connectivity index (χ1v) is 8.90.